The van der Waals surface area contributed by atoms with E-state index < -0.39 is 5.97 Å². The number of methoxy groups -OCH3 is 1. The van der Waals surface area contributed by atoms with Gasteiger partial charge in [0.2, 0.25) is 0 Å². The molecule has 0 bridgehead atoms. The largest absolute Gasteiger partial charge is 0.497 e. The molecular formula is C26H17N5O4. The van der Waals surface area contributed by atoms with Gasteiger partial charge in [-0.25, -0.2) is 19.1 Å². The van der Waals surface area contributed by atoms with Gasteiger partial charge in [-0.3, -0.25) is 0 Å². The van der Waals surface area contributed by atoms with Crippen LogP contribution in [-0.2, 0) is 0 Å². The first-order chi connectivity index (χ1) is 17.1. The third-order valence-corrected chi connectivity index (χ3v) is 5.83. The molecule has 6 aromatic rings. The van der Waals surface area contributed by atoms with Crippen LogP contribution in [0.15, 0.2) is 83.6 Å². The fourth-order valence-corrected chi connectivity index (χ4v) is 4.01. The van der Waals surface area contributed by atoms with Crippen LogP contribution in [0, 0.1) is 0 Å². The van der Waals surface area contributed by atoms with Gasteiger partial charge in [0.1, 0.15) is 22.5 Å². The Bertz CT molecular complexity index is 1700. The Morgan fingerprint density at radius 3 is 2.37 bits per heavy atom. The standard InChI is InChI=1S/C26H17N5O4/c1-34-20-9-7-19(8-10-20)31-25-21(24(28-31)17-6-11-22-23(13-17)30-35-29-22)12-18(14-27-25)15-2-4-16(5-3-15)26(32)33/h2-14H,1H3,(H,32,33). The summed E-state index contributed by atoms with van der Waals surface area (Å²) < 4.78 is 11.9. The molecule has 0 aliphatic carbocycles. The van der Waals surface area contributed by atoms with Gasteiger partial charge in [0.05, 0.1) is 18.4 Å². The normalized spacial score (nSPS) is 11.2. The number of fused-ring (bicyclic) bond motifs is 2. The van der Waals surface area contributed by atoms with E-state index in [0.29, 0.717) is 16.7 Å². The summed E-state index contributed by atoms with van der Waals surface area (Å²) in [5.74, 6) is -0.222. The van der Waals surface area contributed by atoms with Crippen molar-refractivity contribution < 1.29 is 19.3 Å². The molecule has 0 spiro atoms. The SMILES string of the molecule is COc1ccc(-n2nc(-c3ccc4nonc4c3)c3cc(-c4ccc(C(=O)O)cc4)cnc32)cc1. The number of aromatic carboxylic acids is 1. The van der Waals surface area contributed by atoms with E-state index in [1.807, 2.05) is 48.5 Å². The minimum absolute atomic E-state index is 0.227. The zero-order valence-corrected chi connectivity index (χ0v) is 18.4. The summed E-state index contributed by atoms with van der Waals surface area (Å²) in [5.41, 5.74) is 6.27. The maximum atomic E-state index is 11.2. The minimum atomic E-state index is -0.967. The second-order valence-electron chi connectivity index (χ2n) is 7.90. The maximum Gasteiger partial charge on any atom is 0.335 e. The number of carbonyl (C=O) groups is 1. The average molecular weight is 463 g/mol. The van der Waals surface area contributed by atoms with Gasteiger partial charge in [-0.05, 0) is 70.5 Å². The molecule has 0 radical (unpaired) electrons. The highest BCUT2D eigenvalue weighted by molar-refractivity contribution is 5.96. The van der Waals surface area contributed by atoms with Crippen molar-refractivity contribution in [3.8, 4) is 33.8 Å². The molecule has 3 heterocycles. The number of ether oxygens (including phenoxy) is 1. The molecule has 3 aromatic heterocycles. The summed E-state index contributed by atoms with van der Waals surface area (Å²) in [7, 11) is 1.62. The fourth-order valence-electron chi connectivity index (χ4n) is 4.01. The van der Waals surface area contributed by atoms with Crippen LogP contribution in [0.25, 0.3) is 50.1 Å². The van der Waals surface area contributed by atoms with Crippen LogP contribution < -0.4 is 4.74 Å². The van der Waals surface area contributed by atoms with Crippen LogP contribution in [0.5, 0.6) is 5.75 Å². The minimum Gasteiger partial charge on any atom is -0.497 e. The molecule has 6 rings (SSSR count). The first kappa shape index (κ1) is 20.5. The highest BCUT2D eigenvalue weighted by Gasteiger charge is 2.17. The average Bonchev–Trinajstić information content (AvgIpc) is 3.53. The van der Waals surface area contributed by atoms with Gasteiger partial charge >= 0.3 is 5.97 Å². The van der Waals surface area contributed by atoms with Crippen molar-refractivity contribution in [1.29, 1.82) is 0 Å². The summed E-state index contributed by atoms with van der Waals surface area (Å²) in [6, 6.07) is 21.9. The molecule has 0 saturated carbocycles. The maximum absolute atomic E-state index is 11.2. The number of nitrogens with zero attached hydrogens (tertiary/aromatic N) is 5. The van der Waals surface area contributed by atoms with Gasteiger partial charge in [0.15, 0.2) is 5.65 Å². The van der Waals surface area contributed by atoms with E-state index in [9.17, 15) is 9.90 Å². The van der Waals surface area contributed by atoms with E-state index in [1.54, 1.807) is 42.3 Å². The molecule has 0 aliphatic heterocycles. The lowest BCUT2D eigenvalue weighted by Crippen LogP contribution is -1.98. The smallest absolute Gasteiger partial charge is 0.335 e. The molecular weight excluding hydrogens is 446 g/mol. The van der Waals surface area contributed by atoms with Crippen LogP contribution in [0.4, 0.5) is 0 Å². The molecule has 0 aliphatic rings. The highest BCUT2D eigenvalue weighted by Crippen LogP contribution is 2.33. The first-order valence-electron chi connectivity index (χ1n) is 10.7. The van der Waals surface area contributed by atoms with Crippen molar-refractivity contribution in [2.75, 3.05) is 7.11 Å². The number of aromatic nitrogens is 5. The van der Waals surface area contributed by atoms with Crippen molar-refractivity contribution in [3.05, 3.63) is 84.6 Å². The second kappa shape index (κ2) is 8.07. The molecule has 0 unspecified atom stereocenters. The molecule has 1 N–H and O–H groups in total. The number of rotatable bonds is 5. The van der Waals surface area contributed by atoms with E-state index in [2.05, 4.69) is 10.3 Å². The summed E-state index contributed by atoms with van der Waals surface area (Å²) in [4.78, 5) is 16.0. The number of pyridine rings is 1. The lowest BCUT2D eigenvalue weighted by atomic mass is 10.0. The van der Waals surface area contributed by atoms with Crippen LogP contribution in [0.1, 0.15) is 10.4 Å². The van der Waals surface area contributed by atoms with Crippen molar-refractivity contribution >= 4 is 28.0 Å². The second-order valence-corrected chi connectivity index (χ2v) is 7.90. The topological polar surface area (TPSA) is 116 Å². The van der Waals surface area contributed by atoms with Crippen LogP contribution in [0.2, 0.25) is 0 Å². The van der Waals surface area contributed by atoms with E-state index in [0.717, 1.165) is 39.2 Å². The first-order valence-corrected chi connectivity index (χ1v) is 10.7. The molecule has 0 atom stereocenters. The summed E-state index contributed by atoms with van der Waals surface area (Å²) in [6.45, 7) is 0. The number of benzene rings is 3. The zero-order valence-electron chi connectivity index (χ0n) is 18.4. The van der Waals surface area contributed by atoms with Crippen molar-refractivity contribution in [2.45, 2.75) is 0 Å². The van der Waals surface area contributed by atoms with Crippen molar-refractivity contribution in [2.24, 2.45) is 0 Å². The van der Waals surface area contributed by atoms with Crippen molar-refractivity contribution in [3.63, 3.8) is 0 Å². The number of carboxylic acids is 1. The van der Waals surface area contributed by atoms with E-state index in [1.165, 1.54) is 0 Å². The third-order valence-electron chi connectivity index (χ3n) is 5.83. The summed E-state index contributed by atoms with van der Waals surface area (Å²) in [6.07, 6.45) is 1.76. The molecule has 170 valence electrons. The molecule has 3 aromatic carbocycles. The zero-order chi connectivity index (χ0) is 23.9. The molecule has 9 nitrogen and oxygen atoms in total. The third kappa shape index (κ3) is 3.55. The predicted molar refractivity (Wildman–Crippen MR) is 129 cm³/mol. The Labute approximate surface area is 198 Å². The number of carboxylic acid groups (broad SMARTS) is 1. The Morgan fingerprint density at radius 2 is 1.63 bits per heavy atom. The number of hydrogen-bond donors (Lipinski definition) is 1. The molecule has 35 heavy (non-hydrogen) atoms. The van der Waals surface area contributed by atoms with Gasteiger partial charge in [-0.1, -0.05) is 18.2 Å². The van der Waals surface area contributed by atoms with Gasteiger partial charge in [0, 0.05) is 22.7 Å². The Morgan fingerprint density at radius 1 is 0.886 bits per heavy atom. The molecule has 9 heteroatoms. The van der Waals surface area contributed by atoms with E-state index >= 15 is 0 Å². The monoisotopic (exact) mass is 463 g/mol. The lowest BCUT2D eigenvalue weighted by molar-refractivity contribution is 0.0697. The van der Waals surface area contributed by atoms with Gasteiger partial charge in [0.25, 0.3) is 0 Å². The number of hydrogen-bond acceptors (Lipinski definition) is 7. The Hall–Kier alpha value is -5.05. The lowest BCUT2D eigenvalue weighted by Gasteiger charge is -2.06. The van der Waals surface area contributed by atoms with Crippen molar-refractivity contribution in [1.82, 2.24) is 25.1 Å². The molecule has 0 fully saturated rings. The summed E-state index contributed by atoms with van der Waals surface area (Å²) >= 11 is 0. The van der Waals surface area contributed by atoms with E-state index in [4.69, 9.17) is 19.4 Å². The van der Waals surface area contributed by atoms with E-state index in [-0.39, 0.29) is 5.56 Å². The van der Waals surface area contributed by atoms with Crippen LogP contribution in [-0.4, -0.2) is 43.3 Å². The van der Waals surface area contributed by atoms with Gasteiger partial charge < -0.3 is 9.84 Å². The molecule has 0 saturated heterocycles. The molecule has 0 amide bonds. The Kier molecular flexibility index (Phi) is 4.74. The Balaban J connectivity index is 1.55. The highest BCUT2D eigenvalue weighted by atomic mass is 16.6. The van der Waals surface area contributed by atoms with Gasteiger partial charge in [-0.15, -0.1) is 0 Å². The quantitative estimate of drug-likeness (QED) is 0.380. The summed E-state index contributed by atoms with van der Waals surface area (Å²) in [5, 5.41) is 22.8. The fraction of sp³-hybridized carbons (Fsp3) is 0.0385. The van der Waals surface area contributed by atoms with Crippen LogP contribution >= 0.6 is 0 Å². The van der Waals surface area contributed by atoms with Gasteiger partial charge in [-0.2, -0.15) is 5.10 Å². The predicted octanol–water partition coefficient (Wildman–Crippen LogP) is 5.00. The van der Waals surface area contributed by atoms with Crippen LogP contribution in [0.3, 0.4) is 0 Å².